The minimum Gasteiger partial charge on any atom is -0.481 e. The van der Waals surface area contributed by atoms with E-state index in [0.29, 0.717) is 6.07 Å². The van der Waals surface area contributed by atoms with Gasteiger partial charge in [0.15, 0.2) is 18.2 Å². The maximum atomic E-state index is 13.5. The molecule has 0 aliphatic carbocycles. The van der Waals surface area contributed by atoms with Crippen LogP contribution in [0.25, 0.3) is 11.0 Å². The van der Waals surface area contributed by atoms with Crippen molar-refractivity contribution in [2.45, 2.75) is 0 Å². The molecule has 3 aromatic rings. The molecule has 140 valence electrons. The van der Waals surface area contributed by atoms with E-state index in [4.69, 9.17) is 4.74 Å². The summed E-state index contributed by atoms with van der Waals surface area (Å²) >= 11 is 0. The number of aromatic nitrogens is 3. The van der Waals surface area contributed by atoms with Crippen LogP contribution < -0.4 is 21.3 Å². The Morgan fingerprint density at radius 2 is 1.93 bits per heavy atom. The van der Waals surface area contributed by atoms with Gasteiger partial charge in [0.05, 0.1) is 17.3 Å². The molecule has 27 heavy (non-hydrogen) atoms. The van der Waals surface area contributed by atoms with Gasteiger partial charge in [-0.15, -0.1) is 0 Å². The highest BCUT2D eigenvalue weighted by atomic mass is 19.1. The highest BCUT2D eigenvalue weighted by molar-refractivity contribution is 5.93. The Hall–Kier alpha value is -3.56. The largest absolute Gasteiger partial charge is 0.481 e. The van der Waals surface area contributed by atoms with Crippen molar-refractivity contribution in [1.82, 2.24) is 14.1 Å². The molecule has 0 aliphatic heterocycles. The molecular weight excluding hydrogens is 362 g/mol. The summed E-state index contributed by atoms with van der Waals surface area (Å²) in [4.78, 5) is 40.1. The number of benzene rings is 1. The summed E-state index contributed by atoms with van der Waals surface area (Å²) in [5.41, 5.74) is -0.704. The zero-order valence-electron chi connectivity index (χ0n) is 14.3. The normalized spacial score (nSPS) is 10.8. The van der Waals surface area contributed by atoms with Crippen LogP contribution in [0.2, 0.25) is 0 Å². The number of carbonyl (C=O) groups is 1. The van der Waals surface area contributed by atoms with Crippen LogP contribution in [0, 0.1) is 11.6 Å². The minimum absolute atomic E-state index is 0.142. The van der Waals surface area contributed by atoms with Crippen molar-refractivity contribution >= 4 is 22.6 Å². The number of nitrogens with one attached hydrogen (secondary N) is 1. The molecule has 0 spiro atoms. The molecule has 2 heterocycles. The first kappa shape index (κ1) is 18.2. The van der Waals surface area contributed by atoms with Gasteiger partial charge in [0.1, 0.15) is 11.5 Å². The van der Waals surface area contributed by atoms with Crippen LogP contribution in [0.1, 0.15) is 0 Å². The molecule has 0 atom stereocenters. The second-order valence-corrected chi connectivity index (χ2v) is 5.71. The van der Waals surface area contributed by atoms with Crippen LogP contribution in [0.4, 0.5) is 14.5 Å². The fourth-order valence-electron chi connectivity index (χ4n) is 2.47. The van der Waals surface area contributed by atoms with Gasteiger partial charge in [-0.05, 0) is 18.2 Å². The van der Waals surface area contributed by atoms with E-state index in [-0.39, 0.29) is 22.5 Å². The number of rotatable bonds is 4. The number of pyridine rings is 1. The summed E-state index contributed by atoms with van der Waals surface area (Å²) in [6.07, 6.45) is 1.28. The van der Waals surface area contributed by atoms with E-state index in [0.717, 1.165) is 16.7 Å². The van der Waals surface area contributed by atoms with Gasteiger partial charge in [-0.2, -0.15) is 0 Å². The van der Waals surface area contributed by atoms with E-state index in [1.54, 1.807) is 0 Å². The number of nitrogens with zero attached hydrogens (tertiary/aromatic N) is 3. The van der Waals surface area contributed by atoms with Gasteiger partial charge in [-0.3, -0.25) is 18.7 Å². The third kappa shape index (κ3) is 3.54. The van der Waals surface area contributed by atoms with Crippen molar-refractivity contribution in [2.24, 2.45) is 14.1 Å². The van der Waals surface area contributed by atoms with Crippen LogP contribution >= 0.6 is 0 Å². The van der Waals surface area contributed by atoms with Crippen molar-refractivity contribution in [3.05, 3.63) is 62.9 Å². The highest BCUT2D eigenvalue weighted by Gasteiger charge is 2.12. The van der Waals surface area contributed by atoms with Gasteiger partial charge >= 0.3 is 5.69 Å². The Bertz CT molecular complexity index is 1170. The first-order chi connectivity index (χ1) is 12.8. The van der Waals surface area contributed by atoms with E-state index >= 15 is 0 Å². The van der Waals surface area contributed by atoms with Gasteiger partial charge in [-0.1, -0.05) is 0 Å². The van der Waals surface area contributed by atoms with E-state index in [2.05, 4.69) is 10.3 Å². The van der Waals surface area contributed by atoms with Crippen molar-refractivity contribution in [1.29, 1.82) is 0 Å². The van der Waals surface area contributed by atoms with Crippen LogP contribution in [0.3, 0.4) is 0 Å². The topological polar surface area (TPSA) is 95.2 Å². The quantitative estimate of drug-likeness (QED) is 0.731. The number of hydrogen-bond donors (Lipinski definition) is 1. The summed E-state index contributed by atoms with van der Waals surface area (Å²) in [5.74, 6) is -2.60. The van der Waals surface area contributed by atoms with E-state index in [9.17, 15) is 23.2 Å². The average molecular weight is 376 g/mol. The van der Waals surface area contributed by atoms with Crippen LogP contribution in [0.5, 0.6) is 5.75 Å². The van der Waals surface area contributed by atoms with E-state index < -0.39 is 35.4 Å². The molecule has 0 radical (unpaired) electrons. The Labute approximate surface area is 150 Å². The van der Waals surface area contributed by atoms with Crippen LogP contribution in [0.15, 0.2) is 40.1 Å². The van der Waals surface area contributed by atoms with Crippen molar-refractivity contribution in [2.75, 3.05) is 11.9 Å². The lowest BCUT2D eigenvalue weighted by Crippen LogP contribution is -2.37. The highest BCUT2D eigenvalue weighted by Crippen LogP contribution is 2.17. The maximum Gasteiger partial charge on any atom is 0.332 e. The van der Waals surface area contributed by atoms with Crippen LogP contribution in [-0.4, -0.2) is 26.6 Å². The fraction of sp³-hybridized carbons (Fsp3) is 0.176. The predicted molar refractivity (Wildman–Crippen MR) is 92.7 cm³/mol. The van der Waals surface area contributed by atoms with Crippen molar-refractivity contribution < 1.29 is 18.3 Å². The molecular formula is C17H14F2N4O4. The van der Waals surface area contributed by atoms with E-state index in [1.165, 1.54) is 30.9 Å². The van der Waals surface area contributed by atoms with Gasteiger partial charge < -0.3 is 10.1 Å². The molecule has 1 N–H and O–H groups in total. The van der Waals surface area contributed by atoms with E-state index in [1.807, 2.05) is 0 Å². The summed E-state index contributed by atoms with van der Waals surface area (Å²) in [5, 5.41) is 2.60. The van der Waals surface area contributed by atoms with Gasteiger partial charge in [0.25, 0.3) is 11.5 Å². The molecule has 0 bridgehead atoms. The molecule has 0 aliphatic rings. The Kier molecular flexibility index (Phi) is 4.72. The summed E-state index contributed by atoms with van der Waals surface area (Å²) in [6, 6.07) is 4.09. The number of halogens is 2. The number of ether oxygens (including phenoxy) is 1. The standard InChI is InChI=1S/C17H14F2N4O4/c1-22-15-11(16(25)23(2)17(22)26)6-10(7-20-15)21-14(24)8-27-13-4-3-9(18)5-12(13)19/h3-7H,8H2,1-2H3,(H,21,24). The molecule has 3 rings (SSSR count). The lowest BCUT2D eigenvalue weighted by atomic mass is 10.3. The summed E-state index contributed by atoms with van der Waals surface area (Å²) < 4.78 is 33.5. The number of hydrogen-bond acceptors (Lipinski definition) is 5. The molecule has 0 saturated heterocycles. The number of carbonyl (C=O) groups excluding carboxylic acids is 1. The molecule has 1 amide bonds. The zero-order valence-corrected chi connectivity index (χ0v) is 14.3. The third-order valence-electron chi connectivity index (χ3n) is 3.83. The second-order valence-electron chi connectivity index (χ2n) is 5.71. The number of anilines is 1. The molecule has 10 heteroatoms. The van der Waals surface area contributed by atoms with Gasteiger partial charge in [0, 0.05) is 20.2 Å². The Balaban J connectivity index is 1.79. The number of aryl methyl sites for hydroxylation is 1. The monoisotopic (exact) mass is 376 g/mol. The zero-order chi connectivity index (χ0) is 19.7. The maximum absolute atomic E-state index is 13.5. The Morgan fingerprint density at radius 1 is 1.19 bits per heavy atom. The summed E-state index contributed by atoms with van der Waals surface area (Å²) in [6.45, 7) is -0.536. The van der Waals surface area contributed by atoms with Gasteiger partial charge in [0.2, 0.25) is 0 Å². The van der Waals surface area contributed by atoms with Crippen LogP contribution in [-0.2, 0) is 18.9 Å². The Morgan fingerprint density at radius 3 is 2.63 bits per heavy atom. The molecule has 0 unspecified atom stereocenters. The van der Waals surface area contributed by atoms with Gasteiger partial charge in [-0.25, -0.2) is 18.6 Å². The molecule has 0 fully saturated rings. The third-order valence-corrected chi connectivity index (χ3v) is 3.83. The number of amides is 1. The lowest BCUT2D eigenvalue weighted by molar-refractivity contribution is -0.118. The second kappa shape index (κ2) is 6.98. The predicted octanol–water partition coefficient (Wildman–Crippen LogP) is 0.928. The number of fused-ring (bicyclic) bond motifs is 1. The molecule has 8 nitrogen and oxygen atoms in total. The van der Waals surface area contributed by atoms with Crippen molar-refractivity contribution in [3.8, 4) is 5.75 Å². The fourth-order valence-corrected chi connectivity index (χ4v) is 2.47. The first-order valence-electron chi connectivity index (χ1n) is 7.71. The average Bonchev–Trinajstić information content (AvgIpc) is 2.64. The molecule has 1 aromatic carbocycles. The lowest BCUT2D eigenvalue weighted by Gasteiger charge is -2.10. The molecule has 2 aromatic heterocycles. The first-order valence-corrected chi connectivity index (χ1v) is 7.71. The SMILES string of the molecule is Cn1c(=O)c2cc(NC(=O)COc3ccc(F)cc3F)cnc2n(C)c1=O. The van der Waals surface area contributed by atoms with Crippen molar-refractivity contribution in [3.63, 3.8) is 0 Å². The minimum atomic E-state index is -0.931. The smallest absolute Gasteiger partial charge is 0.332 e. The summed E-state index contributed by atoms with van der Waals surface area (Å²) in [7, 11) is 2.81. The molecule has 0 saturated carbocycles.